The molecule has 1 saturated carbocycles. The van der Waals surface area contributed by atoms with Gasteiger partial charge in [-0.1, -0.05) is 0 Å². The van der Waals surface area contributed by atoms with Crippen LogP contribution in [0.15, 0.2) is 6.20 Å². The van der Waals surface area contributed by atoms with E-state index in [9.17, 15) is 5.11 Å². The molecule has 1 fully saturated rings. The van der Waals surface area contributed by atoms with E-state index in [1.165, 1.54) is 12.8 Å². The van der Waals surface area contributed by atoms with Gasteiger partial charge < -0.3 is 10.8 Å². The van der Waals surface area contributed by atoms with Crippen molar-refractivity contribution in [3.05, 3.63) is 16.1 Å². The Bertz CT molecular complexity index is 294. The molecule has 0 spiro atoms. The molecule has 1 aliphatic rings. The molecule has 0 aliphatic heterocycles. The second kappa shape index (κ2) is 3.36. The molecule has 1 aromatic rings. The predicted molar refractivity (Wildman–Crippen MR) is 52.7 cm³/mol. The van der Waals surface area contributed by atoms with Crippen LogP contribution in [0.2, 0.25) is 0 Å². The van der Waals surface area contributed by atoms with Crippen LogP contribution in [0.4, 0.5) is 0 Å². The third-order valence-corrected chi connectivity index (χ3v) is 3.49. The average Bonchev–Trinajstić information content (AvgIpc) is 2.83. The second-order valence-electron chi connectivity index (χ2n) is 3.68. The van der Waals surface area contributed by atoms with Crippen LogP contribution in [0.1, 0.15) is 41.7 Å². The lowest BCUT2D eigenvalue weighted by Crippen LogP contribution is -2.23. The number of hydrogen-bond acceptors (Lipinski definition) is 4. The number of aliphatic hydroxyl groups is 1. The van der Waals surface area contributed by atoms with E-state index in [0.29, 0.717) is 5.92 Å². The van der Waals surface area contributed by atoms with E-state index in [1.807, 2.05) is 0 Å². The summed E-state index contributed by atoms with van der Waals surface area (Å²) in [4.78, 5) is 5.18. The number of hydrogen-bond donors (Lipinski definition) is 2. The van der Waals surface area contributed by atoms with Gasteiger partial charge in [-0.05, 0) is 19.8 Å². The van der Waals surface area contributed by atoms with Gasteiger partial charge in [0, 0.05) is 18.2 Å². The standard InChI is InChI=1S/C9H14N2OS/c1-5(10)8(12)7-4-11-9(13-7)6-2-3-6/h4-6,8,12H,2-3,10H2,1H3. The minimum Gasteiger partial charge on any atom is -0.386 e. The van der Waals surface area contributed by atoms with E-state index in [4.69, 9.17) is 5.73 Å². The van der Waals surface area contributed by atoms with Crippen LogP contribution in [0.5, 0.6) is 0 Å². The van der Waals surface area contributed by atoms with Crippen LogP contribution < -0.4 is 5.73 Å². The first-order chi connectivity index (χ1) is 6.18. The summed E-state index contributed by atoms with van der Waals surface area (Å²) in [5.74, 6) is 0.666. The van der Waals surface area contributed by atoms with E-state index in [1.54, 1.807) is 24.5 Å². The molecule has 0 bridgehead atoms. The summed E-state index contributed by atoms with van der Waals surface area (Å²) in [6.45, 7) is 1.81. The maximum Gasteiger partial charge on any atom is 0.105 e. The first kappa shape index (κ1) is 9.12. The molecule has 0 radical (unpaired) electrons. The van der Waals surface area contributed by atoms with E-state index >= 15 is 0 Å². The number of nitrogens with zero attached hydrogens (tertiary/aromatic N) is 1. The van der Waals surface area contributed by atoms with Gasteiger partial charge in [0.15, 0.2) is 0 Å². The normalized spacial score (nSPS) is 21.5. The summed E-state index contributed by atoms with van der Waals surface area (Å²) in [6.07, 6.45) is 3.71. The Morgan fingerprint density at radius 1 is 1.69 bits per heavy atom. The monoisotopic (exact) mass is 198 g/mol. The fourth-order valence-corrected chi connectivity index (χ4v) is 2.41. The molecule has 2 atom stereocenters. The summed E-state index contributed by atoms with van der Waals surface area (Å²) in [6, 6.07) is -0.215. The highest BCUT2D eigenvalue weighted by molar-refractivity contribution is 7.11. The lowest BCUT2D eigenvalue weighted by atomic mass is 10.2. The Hall–Kier alpha value is -0.450. The van der Waals surface area contributed by atoms with Crippen molar-refractivity contribution in [2.24, 2.45) is 5.73 Å². The molecule has 2 unspecified atom stereocenters. The molecule has 0 saturated heterocycles. The van der Waals surface area contributed by atoms with Gasteiger partial charge >= 0.3 is 0 Å². The highest BCUT2D eigenvalue weighted by Gasteiger charge is 2.27. The molecule has 0 aromatic carbocycles. The molecule has 1 aromatic heterocycles. The molecule has 72 valence electrons. The zero-order valence-electron chi connectivity index (χ0n) is 7.60. The number of aliphatic hydroxyl groups excluding tert-OH is 1. The number of aromatic nitrogens is 1. The third-order valence-electron chi connectivity index (χ3n) is 2.26. The highest BCUT2D eigenvalue weighted by atomic mass is 32.1. The average molecular weight is 198 g/mol. The van der Waals surface area contributed by atoms with E-state index in [0.717, 1.165) is 9.88 Å². The number of thiazole rings is 1. The van der Waals surface area contributed by atoms with Gasteiger partial charge in [0.05, 0.1) is 9.88 Å². The Morgan fingerprint density at radius 2 is 2.38 bits per heavy atom. The molecular weight excluding hydrogens is 184 g/mol. The molecule has 2 rings (SSSR count). The SMILES string of the molecule is CC(N)C(O)c1cnc(C2CC2)s1. The lowest BCUT2D eigenvalue weighted by molar-refractivity contribution is 0.157. The zero-order valence-corrected chi connectivity index (χ0v) is 8.42. The van der Waals surface area contributed by atoms with E-state index in [-0.39, 0.29) is 6.04 Å². The van der Waals surface area contributed by atoms with Crippen molar-refractivity contribution < 1.29 is 5.11 Å². The Labute approximate surface area is 81.6 Å². The first-order valence-electron chi connectivity index (χ1n) is 4.57. The maximum absolute atomic E-state index is 9.66. The van der Waals surface area contributed by atoms with Crippen LogP contribution in [-0.2, 0) is 0 Å². The van der Waals surface area contributed by atoms with Crippen LogP contribution in [-0.4, -0.2) is 16.1 Å². The Morgan fingerprint density at radius 3 is 2.92 bits per heavy atom. The quantitative estimate of drug-likeness (QED) is 0.772. The maximum atomic E-state index is 9.66. The Balaban J connectivity index is 2.11. The summed E-state index contributed by atoms with van der Waals surface area (Å²) in [5.41, 5.74) is 5.60. The molecule has 0 amide bonds. The summed E-state index contributed by atoms with van der Waals surface area (Å²) in [5, 5.41) is 10.8. The van der Waals surface area contributed by atoms with Crippen LogP contribution >= 0.6 is 11.3 Å². The topological polar surface area (TPSA) is 59.1 Å². The van der Waals surface area contributed by atoms with Crippen LogP contribution in [0.3, 0.4) is 0 Å². The van der Waals surface area contributed by atoms with Crippen LogP contribution in [0, 0.1) is 0 Å². The minimum absolute atomic E-state index is 0.215. The summed E-state index contributed by atoms with van der Waals surface area (Å²) in [7, 11) is 0. The largest absolute Gasteiger partial charge is 0.386 e. The lowest BCUT2D eigenvalue weighted by Gasteiger charge is -2.10. The van der Waals surface area contributed by atoms with Crippen molar-refractivity contribution in [1.82, 2.24) is 4.98 Å². The molecular formula is C9H14N2OS. The third kappa shape index (κ3) is 1.90. The zero-order chi connectivity index (χ0) is 9.42. The number of rotatable bonds is 3. The van der Waals surface area contributed by atoms with Crippen molar-refractivity contribution in [3.8, 4) is 0 Å². The summed E-state index contributed by atoms with van der Waals surface area (Å²) < 4.78 is 0. The van der Waals surface area contributed by atoms with Crippen molar-refractivity contribution in [1.29, 1.82) is 0 Å². The van der Waals surface area contributed by atoms with Gasteiger partial charge in [-0.15, -0.1) is 11.3 Å². The second-order valence-corrected chi connectivity index (χ2v) is 4.77. The van der Waals surface area contributed by atoms with Gasteiger partial charge in [-0.3, -0.25) is 0 Å². The molecule has 3 nitrogen and oxygen atoms in total. The Kier molecular flexibility index (Phi) is 2.36. The first-order valence-corrected chi connectivity index (χ1v) is 5.39. The molecule has 13 heavy (non-hydrogen) atoms. The van der Waals surface area contributed by atoms with Crippen molar-refractivity contribution in [3.63, 3.8) is 0 Å². The molecule has 4 heteroatoms. The van der Waals surface area contributed by atoms with Gasteiger partial charge in [0.2, 0.25) is 0 Å². The van der Waals surface area contributed by atoms with Gasteiger partial charge in [0.25, 0.3) is 0 Å². The predicted octanol–water partition coefficient (Wildman–Crippen LogP) is 1.40. The number of nitrogens with two attached hydrogens (primary N) is 1. The van der Waals surface area contributed by atoms with Gasteiger partial charge in [-0.25, -0.2) is 4.98 Å². The minimum atomic E-state index is -0.551. The van der Waals surface area contributed by atoms with Crippen LogP contribution in [0.25, 0.3) is 0 Å². The van der Waals surface area contributed by atoms with Crippen molar-refractivity contribution >= 4 is 11.3 Å². The molecule has 1 heterocycles. The van der Waals surface area contributed by atoms with Gasteiger partial charge in [-0.2, -0.15) is 0 Å². The van der Waals surface area contributed by atoms with Crippen molar-refractivity contribution in [2.75, 3.05) is 0 Å². The van der Waals surface area contributed by atoms with E-state index < -0.39 is 6.10 Å². The van der Waals surface area contributed by atoms with Crippen molar-refractivity contribution in [2.45, 2.75) is 37.8 Å². The smallest absolute Gasteiger partial charge is 0.105 e. The summed E-state index contributed by atoms with van der Waals surface area (Å²) >= 11 is 1.60. The molecule has 1 aliphatic carbocycles. The van der Waals surface area contributed by atoms with Gasteiger partial charge in [0.1, 0.15) is 6.10 Å². The van der Waals surface area contributed by atoms with E-state index in [2.05, 4.69) is 4.98 Å². The fourth-order valence-electron chi connectivity index (χ4n) is 1.22. The molecule has 3 N–H and O–H groups in total. The fraction of sp³-hybridized carbons (Fsp3) is 0.667. The highest BCUT2D eigenvalue weighted by Crippen LogP contribution is 2.42.